The number of carbonyl (C=O) groups is 2. The van der Waals surface area contributed by atoms with Gasteiger partial charge in [0.25, 0.3) is 10.1 Å². The topological polar surface area (TPSA) is 119 Å². The predicted molar refractivity (Wildman–Crippen MR) is 94.6 cm³/mol. The molecule has 0 unspecified atom stereocenters. The van der Waals surface area contributed by atoms with Gasteiger partial charge < -0.3 is 19.1 Å². The van der Waals surface area contributed by atoms with E-state index in [0.29, 0.717) is 0 Å². The van der Waals surface area contributed by atoms with Crippen molar-refractivity contribution in [3.05, 3.63) is 53.9 Å². The highest BCUT2D eigenvalue weighted by molar-refractivity contribution is 7.85. The zero-order chi connectivity index (χ0) is 20.2. The molecule has 10 heteroatoms. The molecule has 1 aliphatic heterocycles. The van der Waals surface area contributed by atoms with Crippen LogP contribution in [0, 0.1) is 0 Å². The van der Waals surface area contributed by atoms with Gasteiger partial charge >= 0.3 is 11.9 Å². The van der Waals surface area contributed by atoms with Gasteiger partial charge in [-0.15, -0.1) is 0 Å². The summed E-state index contributed by atoms with van der Waals surface area (Å²) in [6, 6.07) is 3.54. The highest BCUT2D eigenvalue weighted by Gasteiger charge is 2.29. The lowest BCUT2D eigenvalue weighted by atomic mass is 10.1. The molecule has 9 nitrogen and oxygen atoms in total. The summed E-state index contributed by atoms with van der Waals surface area (Å²) in [5.74, 6) is -1.49. The quantitative estimate of drug-likeness (QED) is 0.583. The average molecular weight is 395 g/mol. The molecule has 0 spiro atoms. The molecule has 0 aliphatic carbocycles. The number of benzene rings is 1. The smallest absolute Gasteiger partial charge is 0.355 e. The molecule has 144 valence electrons. The fraction of sp³-hybridized carbons (Fsp3) is 0.176. The number of carbonyl (C=O) groups excluding carboxylic acids is 2. The van der Waals surface area contributed by atoms with Crippen LogP contribution in [0.25, 0.3) is 0 Å². The second-order valence-corrected chi connectivity index (χ2v) is 6.55. The average Bonchev–Trinajstić information content (AvgIpc) is 2.88. The van der Waals surface area contributed by atoms with Crippen LogP contribution < -0.4 is 9.64 Å². The Morgan fingerprint density at radius 3 is 2.26 bits per heavy atom. The van der Waals surface area contributed by atoms with E-state index in [1.54, 1.807) is 0 Å². The summed E-state index contributed by atoms with van der Waals surface area (Å²) < 4.78 is 47.1. The van der Waals surface area contributed by atoms with E-state index in [1.165, 1.54) is 42.5 Å². The summed E-state index contributed by atoms with van der Waals surface area (Å²) in [5.41, 5.74) is -0.261. The zero-order valence-corrected chi connectivity index (χ0v) is 15.5. The van der Waals surface area contributed by atoms with Crippen LogP contribution in [0.3, 0.4) is 0 Å². The summed E-state index contributed by atoms with van der Waals surface area (Å²) in [7, 11) is -0.895. The van der Waals surface area contributed by atoms with Gasteiger partial charge in [-0.1, -0.05) is 6.08 Å². The molecule has 27 heavy (non-hydrogen) atoms. The van der Waals surface area contributed by atoms with E-state index in [2.05, 4.69) is 0 Å². The molecule has 1 aromatic rings. The van der Waals surface area contributed by atoms with E-state index < -0.39 is 27.0 Å². The number of allylic oxidation sites excluding steroid dienone is 2. The molecular weight excluding hydrogens is 378 g/mol. The third-order valence-electron chi connectivity index (χ3n) is 3.60. The molecule has 0 radical (unpaired) electrons. The van der Waals surface area contributed by atoms with Crippen molar-refractivity contribution >= 4 is 27.7 Å². The van der Waals surface area contributed by atoms with Crippen LogP contribution in [0.2, 0.25) is 0 Å². The van der Waals surface area contributed by atoms with Gasteiger partial charge in [0.1, 0.15) is 11.4 Å². The van der Waals surface area contributed by atoms with Gasteiger partial charge in [0.2, 0.25) is 0 Å². The number of rotatable bonds is 5. The van der Waals surface area contributed by atoms with Gasteiger partial charge in [-0.3, -0.25) is 4.55 Å². The molecule has 0 saturated heterocycles. The van der Waals surface area contributed by atoms with Crippen molar-refractivity contribution in [3.63, 3.8) is 0 Å². The molecule has 0 aromatic heterocycles. The van der Waals surface area contributed by atoms with Crippen molar-refractivity contribution in [3.8, 4) is 5.75 Å². The first kappa shape index (κ1) is 20.2. The Kier molecular flexibility index (Phi) is 6.03. The summed E-state index contributed by atoms with van der Waals surface area (Å²) in [5, 5.41) is 0. The molecule has 1 aromatic carbocycles. The molecule has 2 rings (SSSR count). The number of hydrogen-bond donors (Lipinski definition) is 1. The lowest BCUT2D eigenvalue weighted by Gasteiger charge is -2.25. The molecule has 1 heterocycles. The minimum absolute atomic E-state index is 0.0781. The van der Waals surface area contributed by atoms with E-state index in [0.717, 1.165) is 26.4 Å². The minimum atomic E-state index is -4.52. The molecule has 0 bridgehead atoms. The minimum Gasteiger partial charge on any atom is -0.495 e. The lowest BCUT2D eigenvalue weighted by Crippen LogP contribution is -2.27. The van der Waals surface area contributed by atoms with Crippen LogP contribution in [0.5, 0.6) is 5.75 Å². The molecule has 1 N–H and O–H groups in total. The fourth-order valence-electron chi connectivity index (χ4n) is 2.37. The fourth-order valence-corrected chi connectivity index (χ4v) is 2.87. The number of esters is 2. The van der Waals surface area contributed by atoms with E-state index in [9.17, 15) is 22.6 Å². The highest BCUT2D eigenvalue weighted by atomic mass is 32.2. The first-order valence-electron chi connectivity index (χ1n) is 7.45. The van der Waals surface area contributed by atoms with Gasteiger partial charge in [-0.2, -0.15) is 8.42 Å². The first-order valence-corrected chi connectivity index (χ1v) is 8.89. The Labute approximate surface area is 155 Å². The second-order valence-electron chi connectivity index (χ2n) is 5.12. The van der Waals surface area contributed by atoms with Crippen LogP contribution in [0.1, 0.15) is 0 Å². The Hall–Kier alpha value is -3.11. The maximum atomic E-state index is 12.4. The highest BCUT2D eigenvalue weighted by Crippen LogP contribution is 2.35. The summed E-state index contributed by atoms with van der Waals surface area (Å²) >= 11 is 0. The molecule has 0 fully saturated rings. The number of nitrogens with zero attached hydrogens (tertiary/aromatic N) is 1. The van der Waals surface area contributed by atoms with Crippen molar-refractivity contribution in [1.82, 2.24) is 0 Å². The molecule has 0 saturated carbocycles. The van der Waals surface area contributed by atoms with Crippen molar-refractivity contribution in [1.29, 1.82) is 0 Å². The normalized spacial score (nSPS) is 14.0. The first-order chi connectivity index (χ1) is 12.7. The number of methoxy groups -OCH3 is 3. The van der Waals surface area contributed by atoms with Crippen LogP contribution in [0.15, 0.2) is 58.8 Å². The Balaban J connectivity index is 2.81. The molecular formula is C17H17NO8S. The second kappa shape index (κ2) is 8.06. The van der Waals surface area contributed by atoms with Crippen LogP contribution in [0.4, 0.5) is 5.69 Å². The van der Waals surface area contributed by atoms with Crippen molar-refractivity contribution in [2.75, 3.05) is 26.2 Å². The third-order valence-corrected chi connectivity index (χ3v) is 4.45. The van der Waals surface area contributed by atoms with Gasteiger partial charge in [0.15, 0.2) is 0 Å². The van der Waals surface area contributed by atoms with Crippen LogP contribution >= 0.6 is 0 Å². The molecule has 0 amide bonds. The lowest BCUT2D eigenvalue weighted by molar-refractivity contribution is -0.139. The maximum Gasteiger partial charge on any atom is 0.355 e. The zero-order valence-electron chi connectivity index (χ0n) is 14.7. The monoisotopic (exact) mass is 395 g/mol. The number of hydrogen-bond acceptors (Lipinski definition) is 8. The van der Waals surface area contributed by atoms with E-state index in [1.807, 2.05) is 0 Å². The third kappa shape index (κ3) is 4.18. The summed E-state index contributed by atoms with van der Waals surface area (Å²) in [4.78, 5) is 25.3. The summed E-state index contributed by atoms with van der Waals surface area (Å²) in [6.45, 7) is 0. The Morgan fingerprint density at radius 2 is 1.70 bits per heavy atom. The standard InChI is InChI=1S/C17H17NO8S/c1-24-14-8-7-11(27(21,22)23)10-13(14)18-9-5-4-6-12(16(19)25-2)15(18)17(20)26-3/h4-10H,1-3H3,(H,21,22,23). The molecule has 1 aliphatic rings. The van der Waals surface area contributed by atoms with Gasteiger partial charge in [0.05, 0.1) is 37.5 Å². The SMILES string of the molecule is COC(=O)C1=C(C(=O)OC)N(c2cc(S(=O)(=O)O)ccc2OC)C=CC=C1. The van der Waals surface area contributed by atoms with E-state index in [-0.39, 0.29) is 22.7 Å². The molecule has 0 atom stereocenters. The predicted octanol–water partition coefficient (Wildman–Crippen LogP) is 1.43. The number of anilines is 1. The number of ether oxygens (including phenoxy) is 3. The maximum absolute atomic E-state index is 12.4. The van der Waals surface area contributed by atoms with Crippen molar-refractivity contribution < 1.29 is 36.8 Å². The Morgan fingerprint density at radius 1 is 1.04 bits per heavy atom. The van der Waals surface area contributed by atoms with E-state index >= 15 is 0 Å². The Bertz CT molecular complexity index is 959. The van der Waals surface area contributed by atoms with Gasteiger partial charge in [-0.25, -0.2) is 9.59 Å². The van der Waals surface area contributed by atoms with Gasteiger partial charge in [0, 0.05) is 6.20 Å². The van der Waals surface area contributed by atoms with Gasteiger partial charge in [-0.05, 0) is 30.4 Å². The van der Waals surface area contributed by atoms with Crippen molar-refractivity contribution in [2.45, 2.75) is 4.90 Å². The van der Waals surface area contributed by atoms with E-state index in [4.69, 9.17) is 14.2 Å². The van der Waals surface area contributed by atoms with Crippen molar-refractivity contribution in [2.24, 2.45) is 0 Å². The largest absolute Gasteiger partial charge is 0.495 e. The van der Waals surface area contributed by atoms with Crippen LogP contribution in [-0.4, -0.2) is 46.2 Å². The summed E-state index contributed by atoms with van der Waals surface area (Å²) in [6.07, 6.45) is 5.77. The van der Waals surface area contributed by atoms with Crippen LogP contribution in [-0.2, 0) is 29.2 Å².